The summed E-state index contributed by atoms with van der Waals surface area (Å²) in [6, 6.07) is 6.63. The molecule has 21 heavy (non-hydrogen) atoms. The fourth-order valence-corrected chi connectivity index (χ4v) is 2.48. The van der Waals surface area contributed by atoms with E-state index in [1.54, 1.807) is 13.0 Å². The van der Waals surface area contributed by atoms with E-state index in [9.17, 15) is 18.3 Å². The lowest BCUT2D eigenvalue weighted by Crippen LogP contribution is -2.26. The third kappa shape index (κ3) is 3.30. The fraction of sp³-hybridized carbons (Fsp3) is 0.250. The molecular formula is C16H14BrF3O. The van der Waals surface area contributed by atoms with E-state index in [0.717, 1.165) is 6.07 Å². The predicted octanol–water partition coefficient (Wildman–Crippen LogP) is 4.63. The smallest absolute Gasteiger partial charge is 0.143 e. The molecule has 1 atom stereocenters. The molecule has 112 valence electrons. The largest absolute Gasteiger partial charge is 0.385 e. The van der Waals surface area contributed by atoms with E-state index >= 15 is 0 Å². The van der Waals surface area contributed by atoms with Crippen LogP contribution in [0.15, 0.2) is 34.8 Å². The number of aliphatic hydroxyl groups is 1. The Kier molecular flexibility index (Phi) is 4.44. The summed E-state index contributed by atoms with van der Waals surface area (Å²) in [5.74, 6) is -1.98. The summed E-state index contributed by atoms with van der Waals surface area (Å²) in [6.45, 7) is 3.00. The first-order valence-corrected chi connectivity index (χ1v) is 7.13. The number of aryl methyl sites for hydroxylation is 1. The molecule has 0 radical (unpaired) electrons. The molecule has 2 aromatic carbocycles. The van der Waals surface area contributed by atoms with Gasteiger partial charge in [0.2, 0.25) is 0 Å². The van der Waals surface area contributed by atoms with Crippen LogP contribution in [0, 0.1) is 24.4 Å². The molecule has 1 nitrogen and oxygen atoms in total. The Labute approximate surface area is 129 Å². The third-order valence-electron chi connectivity index (χ3n) is 3.45. The molecule has 0 aliphatic carbocycles. The van der Waals surface area contributed by atoms with E-state index in [-0.39, 0.29) is 22.0 Å². The Morgan fingerprint density at radius 1 is 1.10 bits per heavy atom. The minimum absolute atomic E-state index is 0.116. The van der Waals surface area contributed by atoms with Crippen molar-refractivity contribution in [2.75, 3.05) is 0 Å². The van der Waals surface area contributed by atoms with E-state index in [2.05, 4.69) is 15.9 Å². The Bertz CT molecular complexity index is 683. The van der Waals surface area contributed by atoms with Crippen molar-refractivity contribution in [3.05, 3.63) is 68.9 Å². The van der Waals surface area contributed by atoms with Gasteiger partial charge < -0.3 is 5.11 Å². The van der Waals surface area contributed by atoms with Crippen molar-refractivity contribution in [1.82, 2.24) is 0 Å². The highest BCUT2D eigenvalue weighted by molar-refractivity contribution is 9.10. The standard InChI is InChI=1S/C16H14BrF3O/c1-9-3-4-10(7-14(9)19)16(2,21)8-11-13(18)6-5-12(17)15(11)20/h3-7,21H,8H2,1-2H3. The van der Waals surface area contributed by atoms with Crippen LogP contribution in [0.2, 0.25) is 0 Å². The average Bonchev–Trinajstić information content (AvgIpc) is 2.42. The van der Waals surface area contributed by atoms with E-state index in [4.69, 9.17) is 0 Å². The van der Waals surface area contributed by atoms with E-state index in [1.807, 2.05) is 0 Å². The summed E-state index contributed by atoms with van der Waals surface area (Å²) in [5.41, 5.74) is -1.12. The number of halogens is 4. The lowest BCUT2D eigenvalue weighted by molar-refractivity contribution is 0.0553. The van der Waals surface area contributed by atoms with E-state index < -0.39 is 23.1 Å². The Morgan fingerprint density at radius 2 is 1.76 bits per heavy atom. The molecule has 0 aromatic heterocycles. The second kappa shape index (κ2) is 5.81. The maximum atomic E-state index is 14.0. The van der Waals surface area contributed by atoms with E-state index in [0.29, 0.717) is 5.56 Å². The van der Waals surface area contributed by atoms with Crippen molar-refractivity contribution in [2.24, 2.45) is 0 Å². The molecule has 0 saturated carbocycles. The van der Waals surface area contributed by atoms with Gasteiger partial charge >= 0.3 is 0 Å². The second-order valence-electron chi connectivity index (χ2n) is 5.24. The number of hydrogen-bond acceptors (Lipinski definition) is 1. The van der Waals surface area contributed by atoms with Crippen LogP contribution in [0.4, 0.5) is 13.2 Å². The summed E-state index contributed by atoms with van der Waals surface area (Å²) in [6.07, 6.45) is -0.299. The highest BCUT2D eigenvalue weighted by atomic mass is 79.9. The molecule has 0 spiro atoms. The summed E-state index contributed by atoms with van der Waals surface area (Å²) >= 11 is 2.98. The van der Waals surface area contributed by atoms with Gasteiger partial charge in [0.1, 0.15) is 17.5 Å². The first-order chi connectivity index (χ1) is 9.72. The molecule has 0 heterocycles. The predicted molar refractivity (Wildman–Crippen MR) is 78.5 cm³/mol. The summed E-state index contributed by atoms with van der Waals surface area (Å²) < 4.78 is 41.5. The molecule has 1 unspecified atom stereocenters. The van der Waals surface area contributed by atoms with Gasteiger partial charge in [-0.2, -0.15) is 0 Å². The maximum Gasteiger partial charge on any atom is 0.143 e. The minimum Gasteiger partial charge on any atom is -0.385 e. The molecule has 0 aliphatic heterocycles. The van der Waals surface area contributed by atoms with Crippen molar-refractivity contribution in [3.8, 4) is 0 Å². The van der Waals surface area contributed by atoms with Crippen LogP contribution in [-0.2, 0) is 12.0 Å². The van der Waals surface area contributed by atoms with Crippen molar-refractivity contribution in [2.45, 2.75) is 25.9 Å². The Hall–Kier alpha value is -1.33. The van der Waals surface area contributed by atoms with Gasteiger partial charge in [0.25, 0.3) is 0 Å². The molecule has 0 amide bonds. The molecule has 0 bridgehead atoms. The van der Waals surface area contributed by atoms with Gasteiger partial charge in [-0.3, -0.25) is 0 Å². The first kappa shape index (κ1) is 16.0. The Morgan fingerprint density at radius 3 is 2.38 bits per heavy atom. The summed E-state index contributed by atoms with van der Waals surface area (Å²) in [5, 5.41) is 10.5. The highest BCUT2D eigenvalue weighted by Crippen LogP contribution is 2.31. The van der Waals surface area contributed by atoms with Gasteiger partial charge in [-0.1, -0.05) is 12.1 Å². The number of hydrogen-bond donors (Lipinski definition) is 1. The molecule has 5 heteroatoms. The topological polar surface area (TPSA) is 20.2 Å². The van der Waals surface area contributed by atoms with Crippen molar-refractivity contribution in [1.29, 1.82) is 0 Å². The lowest BCUT2D eigenvalue weighted by atomic mass is 9.88. The molecule has 2 rings (SSSR count). The van der Waals surface area contributed by atoms with E-state index in [1.165, 1.54) is 25.1 Å². The van der Waals surface area contributed by atoms with Crippen LogP contribution < -0.4 is 0 Å². The fourth-order valence-electron chi connectivity index (χ4n) is 2.11. The van der Waals surface area contributed by atoms with Crippen LogP contribution in [0.1, 0.15) is 23.6 Å². The summed E-state index contributed by atoms with van der Waals surface area (Å²) in [4.78, 5) is 0. The quantitative estimate of drug-likeness (QED) is 0.793. The van der Waals surface area contributed by atoms with Gasteiger partial charge in [-0.25, -0.2) is 13.2 Å². The SMILES string of the molecule is Cc1ccc(C(C)(O)Cc2c(F)ccc(Br)c2F)cc1F. The van der Waals surface area contributed by atoms with Gasteiger partial charge in [-0.05, 0) is 59.1 Å². The molecule has 2 aromatic rings. The van der Waals surface area contributed by atoms with Crippen LogP contribution in [0.25, 0.3) is 0 Å². The number of benzene rings is 2. The highest BCUT2D eigenvalue weighted by Gasteiger charge is 2.28. The normalized spacial score (nSPS) is 14.0. The van der Waals surface area contributed by atoms with Gasteiger partial charge in [-0.15, -0.1) is 0 Å². The zero-order valence-corrected chi connectivity index (χ0v) is 13.1. The number of rotatable bonds is 3. The van der Waals surface area contributed by atoms with Crippen LogP contribution >= 0.6 is 15.9 Å². The molecular weight excluding hydrogens is 345 g/mol. The molecule has 0 saturated heterocycles. The minimum atomic E-state index is -1.59. The van der Waals surface area contributed by atoms with Crippen LogP contribution in [0.3, 0.4) is 0 Å². The third-order valence-corrected chi connectivity index (χ3v) is 4.07. The molecule has 1 N–H and O–H groups in total. The first-order valence-electron chi connectivity index (χ1n) is 6.34. The second-order valence-corrected chi connectivity index (χ2v) is 6.09. The van der Waals surface area contributed by atoms with Gasteiger partial charge in [0.05, 0.1) is 10.1 Å². The Balaban J connectivity index is 2.41. The lowest BCUT2D eigenvalue weighted by Gasteiger charge is -2.25. The summed E-state index contributed by atoms with van der Waals surface area (Å²) in [7, 11) is 0. The van der Waals surface area contributed by atoms with Crippen LogP contribution in [0.5, 0.6) is 0 Å². The van der Waals surface area contributed by atoms with Crippen LogP contribution in [-0.4, -0.2) is 5.11 Å². The van der Waals surface area contributed by atoms with Crippen molar-refractivity contribution < 1.29 is 18.3 Å². The van der Waals surface area contributed by atoms with Gasteiger partial charge in [0.15, 0.2) is 0 Å². The molecule has 0 fully saturated rings. The monoisotopic (exact) mass is 358 g/mol. The van der Waals surface area contributed by atoms with Crippen molar-refractivity contribution in [3.63, 3.8) is 0 Å². The zero-order chi connectivity index (χ0) is 15.8. The zero-order valence-electron chi connectivity index (χ0n) is 11.6. The average molecular weight is 359 g/mol. The maximum absolute atomic E-state index is 14.0. The van der Waals surface area contributed by atoms with Gasteiger partial charge in [0, 0.05) is 12.0 Å². The molecule has 0 aliphatic rings. The van der Waals surface area contributed by atoms with Crippen molar-refractivity contribution >= 4 is 15.9 Å².